The Kier molecular flexibility index (Phi) is 4.30. The van der Waals surface area contributed by atoms with Gasteiger partial charge in [0.2, 0.25) is 0 Å². The summed E-state index contributed by atoms with van der Waals surface area (Å²) in [6.07, 6.45) is 2.40. The summed E-state index contributed by atoms with van der Waals surface area (Å²) in [5.74, 6) is 0.893. The van der Waals surface area contributed by atoms with Crippen molar-refractivity contribution in [1.82, 2.24) is 14.8 Å². The molecule has 0 bridgehead atoms. The summed E-state index contributed by atoms with van der Waals surface area (Å²) in [4.78, 5) is 10.3. The number of nitro benzene ring substituents is 1. The maximum absolute atomic E-state index is 10.7. The molecule has 1 heterocycles. The SMILES string of the molecule is Cn1cnnc1CCNc1ccc([N+](=O)[O-])c(I)c1. The van der Waals surface area contributed by atoms with Gasteiger partial charge in [-0.2, -0.15) is 0 Å². The molecule has 0 unspecified atom stereocenters. The van der Waals surface area contributed by atoms with Crippen LogP contribution in [0.4, 0.5) is 11.4 Å². The van der Waals surface area contributed by atoms with E-state index < -0.39 is 0 Å². The monoisotopic (exact) mass is 373 g/mol. The van der Waals surface area contributed by atoms with E-state index in [-0.39, 0.29) is 10.6 Å². The van der Waals surface area contributed by atoms with E-state index in [2.05, 4.69) is 15.5 Å². The predicted octanol–water partition coefficient (Wildman–Crippen LogP) is 1.98. The number of nitro groups is 1. The van der Waals surface area contributed by atoms with Gasteiger partial charge in [0.15, 0.2) is 0 Å². The van der Waals surface area contributed by atoms with Gasteiger partial charge in [-0.1, -0.05) is 0 Å². The largest absolute Gasteiger partial charge is 0.385 e. The number of halogens is 1. The normalized spacial score (nSPS) is 10.4. The van der Waals surface area contributed by atoms with Gasteiger partial charge in [-0.3, -0.25) is 10.1 Å². The van der Waals surface area contributed by atoms with E-state index in [1.54, 1.807) is 18.5 Å². The molecule has 19 heavy (non-hydrogen) atoms. The Balaban J connectivity index is 1.95. The van der Waals surface area contributed by atoms with Crippen molar-refractivity contribution in [2.24, 2.45) is 7.05 Å². The van der Waals surface area contributed by atoms with Crippen molar-refractivity contribution >= 4 is 34.0 Å². The zero-order valence-electron chi connectivity index (χ0n) is 10.2. The van der Waals surface area contributed by atoms with Crippen LogP contribution in [0.15, 0.2) is 24.5 Å². The van der Waals surface area contributed by atoms with Crippen LogP contribution < -0.4 is 5.32 Å². The smallest absolute Gasteiger partial charge is 0.282 e. The Morgan fingerprint density at radius 2 is 2.32 bits per heavy atom. The molecule has 8 heteroatoms. The molecule has 2 rings (SSSR count). The van der Waals surface area contributed by atoms with Gasteiger partial charge >= 0.3 is 0 Å². The molecular formula is C11H12IN5O2. The minimum atomic E-state index is -0.384. The van der Waals surface area contributed by atoms with Crippen LogP contribution in [0.3, 0.4) is 0 Å². The molecule has 0 fully saturated rings. The standard InChI is InChI=1S/C11H12IN5O2/c1-16-7-14-15-11(16)4-5-13-8-2-3-10(17(18)19)9(12)6-8/h2-3,6-7,13H,4-5H2,1H3. The lowest BCUT2D eigenvalue weighted by atomic mass is 10.3. The molecule has 1 aromatic heterocycles. The van der Waals surface area contributed by atoms with Crippen LogP contribution >= 0.6 is 22.6 Å². The van der Waals surface area contributed by atoms with Crippen molar-refractivity contribution in [3.05, 3.63) is 44.0 Å². The topological polar surface area (TPSA) is 85.9 Å². The van der Waals surface area contributed by atoms with E-state index in [1.165, 1.54) is 6.07 Å². The average Bonchev–Trinajstić information content (AvgIpc) is 2.75. The molecule has 2 aromatic rings. The fraction of sp³-hybridized carbons (Fsp3) is 0.273. The van der Waals surface area contributed by atoms with Crippen molar-refractivity contribution in [2.45, 2.75) is 6.42 Å². The Hall–Kier alpha value is -1.71. The third-order valence-corrected chi connectivity index (χ3v) is 3.49. The van der Waals surface area contributed by atoms with Gasteiger partial charge < -0.3 is 9.88 Å². The Morgan fingerprint density at radius 1 is 1.53 bits per heavy atom. The van der Waals surface area contributed by atoms with Gasteiger partial charge in [-0.15, -0.1) is 10.2 Å². The lowest BCUT2D eigenvalue weighted by molar-refractivity contribution is -0.385. The molecular weight excluding hydrogens is 361 g/mol. The van der Waals surface area contributed by atoms with Gasteiger partial charge in [0.05, 0.1) is 8.49 Å². The molecule has 1 aromatic carbocycles. The molecule has 0 amide bonds. The first-order valence-corrected chi connectivity index (χ1v) is 6.66. The zero-order chi connectivity index (χ0) is 13.8. The molecule has 7 nitrogen and oxygen atoms in total. The first-order chi connectivity index (χ1) is 9.08. The minimum Gasteiger partial charge on any atom is -0.385 e. The molecule has 0 saturated carbocycles. The van der Waals surface area contributed by atoms with Crippen molar-refractivity contribution in [2.75, 3.05) is 11.9 Å². The summed E-state index contributed by atoms with van der Waals surface area (Å²) in [6, 6.07) is 4.97. The van der Waals surface area contributed by atoms with Crippen LogP contribution in [0.1, 0.15) is 5.82 Å². The Bertz CT molecular complexity index is 599. The molecule has 0 spiro atoms. The molecule has 1 N–H and O–H groups in total. The van der Waals surface area contributed by atoms with E-state index in [0.717, 1.165) is 17.9 Å². The maximum Gasteiger partial charge on any atom is 0.282 e. The van der Waals surface area contributed by atoms with Crippen LogP contribution in [-0.2, 0) is 13.5 Å². The van der Waals surface area contributed by atoms with E-state index >= 15 is 0 Å². The zero-order valence-corrected chi connectivity index (χ0v) is 12.4. The predicted molar refractivity (Wildman–Crippen MR) is 79.0 cm³/mol. The number of aryl methyl sites for hydroxylation is 1. The maximum atomic E-state index is 10.7. The highest BCUT2D eigenvalue weighted by molar-refractivity contribution is 14.1. The minimum absolute atomic E-state index is 0.124. The lowest BCUT2D eigenvalue weighted by Crippen LogP contribution is -2.08. The van der Waals surface area contributed by atoms with Crippen LogP contribution in [0, 0.1) is 13.7 Å². The number of benzene rings is 1. The highest BCUT2D eigenvalue weighted by Crippen LogP contribution is 2.23. The van der Waals surface area contributed by atoms with Crippen LogP contribution in [-0.4, -0.2) is 26.2 Å². The van der Waals surface area contributed by atoms with Crippen LogP contribution in [0.2, 0.25) is 0 Å². The number of anilines is 1. The summed E-state index contributed by atoms with van der Waals surface area (Å²) >= 11 is 1.96. The number of nitrogens with zero attached hydrogens (tertiary/aromatic N) is 4. The highest BCUT2D eigenvalue weighted by Gasteiger charge is 2.11. The number of rotatable bonds is 5. The number of aromatic nitrogens is 3. The van der Waals surface area contributed by atoms with Crippen molar-refractivity contribution < 1.29 is 4.92 Å². The summed E-state index contributed by atoms with van der Waals surface area (Å²) in [7, 11) is 1.89. The first kappa shape index (κ1) is 13.7. The first-order valence-electron chi connectivity index (χ1n) is 5.58. The second kappa shape index (κ2) is 5.95. The molecule has 0 aliphatic rings. The quantitative estimate of drug-likeness (QED) is 0.492. The molecule has 0 atom stereocenters. The Morgan fingerprint density at radius 3 is 2.89 bits per heavy atom. The highest BCUT2D eigenvalue weighted by atomic mass is 127. The molecule has 100 valence electrons. The number of nitrogens with one attached hydrogen (secondary N) is 1. The fourth-order valence-electron chi connectivity index (χ4n) is 1.62. The number of hydrogen-bond donors (Lipinski definition) is 1. The third-order valence-electron chi connectivity index (χ3n) is 2.63. The summed E-state index contributed by atoms with van der Waals surface area (Å²) in [5.41, 5.74) is 0.983. The molecule has 0 aliphatic carbocycles. The summed E-state index contributed by atoms with van der Waals surface area (Å²) in [6.45, 7) is 0.695. The fourth-order valence-corrected chi connectivity index (χ4v) is 2.33. The number of hydrogen-bond acceptors (Lipinski definition) is 5. The molecule has 0 aliphatic heterocycles. The second-order valence-electron chi connectivity index (χ2n) is 3.96. The van der Waals surface area contributed by atoms with Crippen molar-refractivity contribution in [3.63, 3.8) is 0 Å². The van der Waals surface area contributed by atoms with E-state index in [0.29, 0.717) is 10.1 Å². The van der Waals surface area contributed by atoms with Gasteiger partial charge in [-0.05, 0) is 34.7 Å². The second-order valence-corrected chi connectivity index (χ2v) is 5.12. The van der Waals surface area contributed by atoms with Crippen molar-refractivity contribution in [1.29, 1.82) is 0 Å². The third kappa shape index (κ3) is 3.40. The van der Waals surface area contributed by atoms with Crippen LogP contribution in [0.5, 0.6) is 0 Å². The van der Waals surface area contributed by atoms with Gasteiger partial charge in [0.1, 0.15) is 12.2 Å². The summed E-state index contributed by atoms with van der Waals surface area (Å²) < 4.78 is 2.48. The van der Waals surface area contributed by atoms with Gasteiger partial charge in [-0.25, -0.2) is 0 Å². The summed E-state index contributed by atoms with van der Waals surface area (Å²) in [5, 5.41) is 21.7. The van der Waals surface area contributed by atoms with Crippen molar-refractivity contribution in [3.8, 4) is 0 Å². The van der Waals surface area contributed by atoms with E-state index in [9.17, 15) is 10.1 Å². The average molecular weight is 373 g/mol. The van der Waals surface area contributed by atoms with E-state index in [4.69, 9.17) is 0 Å². The van der Waals surface area contributed by atoms with Gasteiger partial charge in [0.25, 0.3) is 5.69 Å². The van der Waals surface area contributed by atoms with Gasteiger partial charge in [0, 0.05) is 31.8 Å². The lowest BCUT2D eigenvalue weighted by Gasteiger charge is -2.06. The van der Waals surface area contributed by atoms with E-state index in [1.807, 2.05) is 34.2 Å². The van der Waals surface area contributed by atoms with Crippen LogP contribution in [0.25, 0.3) is 0 Å². The molecule has 0 radical (unpaired) electrons. The Labute approximate surface area is 123 Å². The molecule has 0 saturated heterocycles.